The number of benzene rings is 6. The van der Waals surface area contributed by atoms with Crippen molar-refractivity contribution in [1.29, 1.82) is 0 Å². The SMILES string of the molecule is c1ccc(P(c2ccccc2)c2ccc3c(c2-c2c(Oc4cc5c(c6c4o[pH]oc4ccc7c(c46)CCCC7)CCCC5)ccc4c2CCCC4)CCCC3)cc1. The normalized spacial score (nSPS) is 16.3. The van der Waals surface area contributed by atoms with E-state index in [-0.39, 0.29) is 8.67 Å². The van der Waals surface area contributed by atoms with Gasteiger partial charge in [0.2, 0.25) is 8.67 Å². The molecule has 4 aliphatic rings. The van der Waals surface area contributed by atoms with Crippen molar-refractivity contribution < 1.29 is 13.1 Å². The lowest BCUT2D eigenvalue weighted by Gasteiger charge is -2.31. The maximum atomic E-state index is 7.58. The number of ether oxygens (including phenoxy) is 1. The van der Waals surface area contributed by atoms with Crippen molar-refractivity contribution in [2.45, 2.75) is 103 Å². The van der Waals surface area contributed by atoms with Crippen LogP contribution in [-0.4, -0.2) is 0 Å². The van der Waals surface area contributed by atoms with Gasteiger partial charge in [-0.15, -0.1) is 0 Å². The quantitative estimate of drug-likeness (QED) is 0.158. The molecule has 1 unspecified atom stereocenters. The number of hydrogen-bond donors (Lipinski definition) is 0. The Hall–Kier alpha value is -4.55. The molecule has 11 rings (SSSR count). The molecule has 0 saturated heterocycles. The summed E-state index contributed by atoms with van der Waals surface area (Å²) >= 11 is 0. The predicted octanol–water partition coefficient (Wildman–Crippen LogP) is 13.1. The van der Waals surface area contributed by atoms with Crippen LogP contribution in [-0.2, 0) is 51.4 Å². The highest BCUT2D eigenvalue weighted by molar-refractivity contribution is 7.80. The lowest BCUT2D eigenvalue weighted by Crippen LogP contribution is -2.25. The maximum absolute atomic E-state index is 7.58. The van der Waals surface area contributed by atoms with Crippen molar-refractivity contribution >= 4 is 54.4 Å². The molecular weight excluding hydrogens is 735 g/mol. The van der Waals surface area contributed by atoms with Gasteiger partial charge in [-0.2, -0.15) is 0 Å². The summed E-state index contributed by atoms with van der Waals surface area (Å²) in [6.45, 7) is 0. The topological polar surface area (TPSA) is 35.5 Å². The molecule has 0 saturated carbocycles. The van der Waals surface area contributed by atoms with Crippen molar-refractivity contribution in [3.05, 3.63) is 148 Å². The molecule has 4 aliphatic carbocycles. The molecule has 3 nitrogen and oxygen atoms in total. The Kier molecular flexibility index (Phi) is 9.57. The van der Waals surface area contributed by atoms with E-state index in [2.05, 4.69) is 103 Å². The molecular formula is C52H50O3P2. The third-order valence-corrected chi connectivity index (χ3v) is 16.4. The van der Waals surface area contributed by atoms with Crippen LogP contribution in [0.3, 0.4) is 0 Å². The van der Waals surface area contributed by atoms with Gasteiger partial charge in [-0.25, -0.2) is 0 Å². The first-order valence-electron chi connectivity index (χ1n) is 21.6. The van der Waals surface area contributed by atoms with E-state index in [1.165, 1.54) is 134 Å². The van der Waals surface area contributed by atoms with Crippen LogP contribution in [0.15, 0.2) is 112 Å². The highest BCUT2D eigenvalue weighted by atomic mass is 31.1. The molecule has 0 spiro atoms. The van der Waals surface area contributed by atoms with Crippen LogP contribution in [0, 0.1) is 0 Å². The summed E-state index contributed by atoms with van der Waals surface area (Å²) in [6.07, 6.45) is 18.6. The summed E-state index contributed by atoms with van der Waals surface area (Å²) in [5.74, 6) is 1.82. The number of hydrogen-bond acceptors (Lipinski definition) is 3. The molecule has 0 aliphatic heterocycles. The second-order valence-corrected chi connectivity index (χ2v) is 19.5. The third-order valence-electron chi connectivity index (χ3n) is 13.4. The lowest BCUT2D eigenvalue weighted by molar-refractivity contribution is 0.477. The van der Waals surface area contributed by atoms with Crippen molar-refractivity contribution in [2.24, 2.45) is 0 Å². The van der Waals surface area contributed by atoms with Crippen molar-refractivity contribution in [2.75, 3.05) is 0 Å². The summed E-state index contributed by atoms with van der Waals surface area (Å²) in [5.41, 5.74) is 16.5. The van der Waals surface area contributed by atoms with Gasteiger partial charge in [0.15, 0.2) is 11.3 Å². The van der Waals surface area contributed by atoms with E-state index in [0.717, 1.165) is 74.0 Å². The van der Waals surface area contributed by atoms with Gasteiger partial charge in [0, 0.05) is 16.3 Å². The minimum atomic E-state index is -0.839. The minimum Gasteiger partial charge on any atom is -0.453 e. The van der Waals surface area contributed by atoms with Crippen molar-refractivity contribution in [3.63, 3.8) is 0 Å². The molecule has 286 valence electrons. The molecule has 0 bridgehead atoms. The Morgan fingerprint density at radius 3 is 1.63 bits per heavy atom. The Morgan fingerprint density at radius 1 is 0.439 bits per heavy atom. The second kappa shape index (κ2) is 15.3. The Balaban J connectivity index is 1.19. The van der Waals surface area contributed by atoms with Gasteiger partial charge in [-0.3, -0.25) is 0 Å². The molecule has 7 aromatic rings. The first kappa shape index (κ1) is 35.6. The van der Waals surface area contributed by atoms with Gasteiger partial charge in [0.25, 0.3) is 0 Å². The highest BCUT2D eigenvalue weighted by Crippen LogP contribution is 2.50. The lowest BCUT2D eigenvalue weighted by atomic mass is 9.80. The molecule has 1 atom stereocenters. The zero-order chi connectivity index (χ0) is 37.7. The van der Waals surface area contributed by atoms with Crippen LogP contribution in [0.2, 0.25) is 0 Å². The first-order valence-corrected chi connectivity index (χ1v) is 23.8. The van der Waals surface area contributed by atoms with E-state index >= 15 is 0 Å². The smallest absolute Gasteiger partial charge is 0.201 e. The first-order chi connectivity index (χ1) is 28.3. The molecule has 0 radical (unpaired) electrons. The molecule has 6 aromatic carbocycles. The van der Waals surface area contributed by atoms with Crippen LogP contribution in [0.5, 0.6) is 11.5 Å². The summed E-state index contributed by atoms with van der Waals surface area (Å²) in [5, 5.41) is 6.74. The molecule has 1 heterocycles. The van der Waals surface area contributed by atoms with E-state index in [1.54, 1.807) is 0 Å². The summed E-state index contributed by atoms with van der Waals surface area (Å²) < 4.78 is 20.9. The standard InChI is InChI=1S/C52H50O3P2/c1-3-19-38(20-4-1)57(39-21-5-2-6-22-39)47-32-29-36-17-9-13-25-42(36)50(47)48-40-23-11-7-15-34(40)27-30-44(48)53-46-33-37-18-10-14-26-43(37)51-49-41-24-12-8-16-35(41)28-31-45(49)54-56-55-52(46)51/h1-6,19-22,27-33,56H,7-18,23-26H2. The summed E-state index contributed by atoms with van der Waals surface area (Å²) in [4.78, 5) is 0. The Bertz CT molecular complexity index is 2640. The summed E-state index contributed by atoms with van der Waals surface area (Å²) in [6, 6.07) is 39.1. The van der Waals surface area contributed by atoms with Gasteiger partial charge in [-0.1, -0.05) is 84.9 Å². The molecule has 0 amide bonds. The van der Waals surface area contributed by atoms with Crippen LogP contribution >= 0.6 is 16.6 Å². The fourth-order valence-electron chi connectivity index (χ4n) is 10.7. The minimum absolute atomic E-state index is 0.124. The maximum Gasteiger partial charge on any atom is 0.201 e. The van der Waals surface area contributed by atoms with Crippen LogP contribution in [0.4, 0.5) is 0 Å². The van der Waals surface area contributed by atoms with E-state index in [0.29, 0.717) is 0 Å². The van der Waals surface area contributed by atoms with Crippen LogP contribution < -0.4 is 20.7 Å². The molecule has 5 heteroatoms. The molecule has 1 aromatic heterocycles. The highest BCUT2D eigenvalue weighted by Gasteiger charge is 2.31. The van der Waals surface area contributed by atoms with Crippen molar-refractivity contribution in [3.8, 4) is 22.6 Å². The van der Waals surface area contributed by atoms with Gasteiger partial charge < -0.3 is 13.1 Å². The zero-order valence-corrected chi connectivity index (χ0v) is 34.7. The van der Waals surface area contributed by atoms with Crippen LogP contribution in [0.25, 0.3) is 33.1 Å². The number of rotatable bonds is 6. The fourth-order valence-corrected chi connectivity index (χ4v) is 13.8. The molecule has 57 heavy (non-hydrogen) atoms. The number of aryl methyl sites for hydroxylation is 6. The second-order valence-electron chi connectivity index (χ2n) is 16.7. The molecule has 0 N–H and O–H groups in total. The van der Waals surface area contributed by atoms with E-state index in [9.17, 15) is 0 Å². The number of fused-ring (bicyclic) bond motifs is 9. The third kappa shape index (κ3) is 6.38. The van der Waals surface area contributed by atoms with Gasteiger partial charge >= 0.3 is 0 Å². The van der Waals surface area contributed by atoms with E-state index < -0.39 is 7.92 Å². The average Bonchev–Trinajstić information content (AvgIpc) is 3.48. The van der Waals surface area contributed by atoms with E-state index in [1.807, 2.05) is 0 Å². The molecule has 0 fully saturated rings. The monoisotopic (exact) mass is 784 g/mol. The summed E-state index contributed by atoms with van der Waals surface area (Å²) in [7, 11) is -0.963. The predicted molar refractivity (Wildman–Crippen MR) is 240 cm³/mol. The van der Waals surface area contributed by atoms with Gasteiger partial charge in [0.05, 0.1) is 0 Å². The Labute approximate surface area is 339 Å². The van der Waals surface area contributed by atoms with Crippen LogP contribution in [0.1, 0.15) is 95.9 Å². The zero-order valence-electron chi connectivity index (χ0n) is 32.8. The van der Waals surface area contributed by atoms with Gasteiger partial charge in [0.1, 0.15) is 11.3 Å². The van der Waals surface area contributed by atoms with Crippen molar-refractivity contribution in [1.82, 2.24) is 0 Å². The van der Waals surface area contributed by atoms with E-state index in [4.69, 9.17) is 13.1 Å². The Morgan fingerprint density at radius 2 is 0.965 bits per heavy atom. The van der Waals surface area contributed by atoms with Gasteiger partial charge in [-0.05, 0) is 195 Å². The largest absolute Gasteiger partial charge is 0.453 e. The fraction of sp³-hybridized carbons (Fsp3) is 0.308. The average molecular weight is 785 g/mol.